The van der Waals surface area contributed by atoms with Gasteiger partial charge in [-0.1, -0.05) is 0 Å². The van der Waals surface area contributed by atoms with E-state index in [-0.39, 0.29) is 11.7 Å². The van der Waals surface area contributed by atoms with Crippen LogP contribution in [0.3, 0.4) is 0 Å². The van der Waals surface area contributed by atoms with E-state index in [2.05, 4.69) is 25.4 Å². The predicted octanol–water partition coefficient (Wildman–Crippen LogP) is 3.46. The molecule has 150 valence electrons. The number of halogens is 1. The molecule has 1 amide bonds. The molecule has 0 atom stereocenters. The molecule has 30 heavy (non-hydrogen) atoms. The van der Waals surface area contributed by atoms with E-state index in [1.807, 2.05) is 12.3 Å². The van der Waals surface area contributed by atoms with Gasteiger partial charge in [-0.3, -0.25) is 4.79 Å². The maximum Gasteiger partial charge on any atom is 0.261 e. The molecule has 5 rings (SSSR count). The van der Waals surface area contributed by atoms with Crippen LogP contribution in [0.1, 0.15) is 34.8 Å². The predicted molar refractivity (Wildman–Crippen MR) is 107 cm³/mol. The molecule has 9 heteroatoms. The molecule has 0 aliphatic heterocycles. The number of carbonyl (C=O) groups is 1. The minimum absolute atomic E-state index is 0.288. The highest BCUT2D eigenvalue weighted by Crippen LogP contribution is 2.39. The number of methoxy groups -OCH3 is 1. The van der Waals surface area contributed by atoms with Gasteiger partial charge in [-0.25, -0.2) is 23.9 Å². The van der Waals surface area contributed by atoms with Gasteiger partial charge < -0.3 is 10.1 Å². The molecular formula is C21H17FN6O2. The molecule has 8 nitrogen and oxygen atoms in total. The van der Waals surface area contributed by atoms with Crippen molar-refractivity contribution in [1.82, 2.24) is 24.6 Å². The molecule has 0 radical (unpaired) electrons. The lowest BCUT2D eigenvalue weighted by Gasteiger charge is -2.10. The van der Waals surface area contributed by atoms with Crippen LogP contribution in [0.4, 0.5) is 10.1 Å². The topological polar surface area (TPSA) is 94.3 Å². The summed E-state index contributed by atoms with van der Waals surface area (Å²) in [6.07, 6.45) is 7.73. The van der Waals surface area contributed by atoms with Crippen molar-refractivity contribution >= 4 is 17.2 Å². The average molecular weight is 404 g/mol. The lowest BCUT2D eigenvalue weighted by molar-refractivity contribution is 0.102. The van der Waals surface area contributed by atoms with E-state index in [0.29, 0.717) is 34.1 Å². The molecule has 1 aliphatic carbocycles. The maximum atomic E-state index is 13.2. The average Bonchev–Trinajstić information content (AvgIpc) is 3.53. The third-order valence-electron chi connectivity index (χ3n) is 4.95. The Hall–Kier alpha value is -3.88. The fraction of sp³-hybridized carbons (Fsp3) is 0.190. The zero-order chi connectivity index (χ0) is 20.7. The van der Waals surface area contributed by atoms with E-state index in [1.165, 1.54) is 13.3 Å². The summed E-state index contributed by atoms with van der Waals surface area (Å²) < 4.78 is 20.1. The smallest absolute Gasteiger partial charge is 0.261 e. The molecule has 0 bridgehead atoms. The zero-order valence-corrected chi connectivity index (χ0v) is 16.0. The molecule has 3 aromatic heterocycles. The van der Waals surface area contributed by atoms with Crippen molar-refractivity contribution in [3.05, 3.63) is 66.1 Å². The Kier molecular flexibility index (Phi) is 4.35. The third-order valence-corrected chi connectivity index (χ3v) is 4.95. The number of aromatic nitrogens is 5. The van der Waals surface area contributed by atoms with E-state index < -0.39 is 5.82 Å². The second-order valence-corrected chi connectivity index (χ2v) is 7.05. The number of carbonyl (C=O) groups excluding carboxylic acids is 1. The summed E-state index contributed by atoms with van der Waals surface area (Å²) in [6, 6.07) is 7.02. The molecule has 1 fully saturated rings. The molecule has 4 aromatic rings. The highest BCUT2D eigenvalue weighted by molar-refractivity contribution is 6.08. The standard InChI is InChI=1S/C21H17FN6O2/c1-30-18-5-4-14(8-15(18)19-23-9-13(22)10-24-19)26-21(29)16-11-25-28-7-6-17(12-2-3-12)27-20(16)28/h4-12H,2-3H2,1H3,(H,26,29). The van der Waals surface area contributed by atoms with Gasteiger partial charge in [-0.2, -0.15) is 5.10 Å². The van der Waals surface area contributed by atoms with Gasteiger partial charge >= 0.3 is 0 Å². The van der Waals surface area contributed by atoms with Gasteiger partial charge in [0.2, 0.25) is 0 Å². The van der Waals surface area contributed by atoms with E-state index in [1.54, 1.807) is 22.7 Å². The van der Waals surface area contributed by atoms with E-state index in [0.717, 1.165) is 30.9 Å². The van der Waals surface area contributed by atoms with Crippen LogP contribution in [0, 0.1) is 5.82 Å². The second kappa shape index (κ2) is 7.18. The van der Waals surface area contributed by atoms with Crippen molar-refractivity contribution in [3.63, 3.8) is 0 Å². The first-order chi connectivity index (χ1) is 14.6. The summed E-state index contributed by atoms with van der Waals surface area (Å²) in [5.74, 6) is 0.401. The fourth-order valence-electron chi connectivity index (χ4n) is 3.26. The molecule has 0 saturated heterocycles. The van der Waals surface area contributed by atoms with Gasteiger partial charge in [0.25, 0.3) is 5.91 Å². The fourth-order valence-corrected chi connectivity index (χ4v) is 3.26. The molecule has 1 saturated carbocycles. The summed E-state index contributed by atoms with van der Waals surface area (Å²) >= 11 is 0. The Morgan fingerprint density at radius 2 is 2.00 bits per heavy atom. The first-order valence-electron chi connectivity index (χ1n) is 9.44. The first-order valence-corrected chi connectivity index (χ1v) is 9.44. The number of nitrogens with zero attached hydrogens (tertiary/aromatic N) is 5. The minimum atomic E-state index is -0.534. The second-order valence-electron chi connectivity index (χ2n) is 7.05. The molecule has 1 aromatic carbocycles. The van der Waals surface area contributed by atoms with Crippen molar-refractivity contribution in [2.75, 3.05) is 12.4 Å². The maximum absolute atomic E-state index is 13.2. The van der Waals surface area contributed by atoms with Gasteiger partial charge in [0, 0.05) is 23.5 Å². The lowest BCUT2D eigenvalue weighted by Crippen LogP contribution is -2.12. The lowest BCUT2D eigenvalue weighted by atomic mass is 10.1. The van der Waals surface area contributed by atoms with E-state index >= 15 is 0 Å². The zero-order valence-electron chi connectivity index (χ0n) is 16.0. The highest BCUT2D eigenvalue weighted by Gasteiger charge is 2.26. The number of benzene rings is 1. The minimum Gasteiger partial charge on any atom is -0.496 e. The van der Waals surface area contributed by atoms with Crippen LogP contribution in [0.5, 0.6) is 5.75 Å². The number of ether oxygens (including phenoxy) is 1. The van der Waals surface area contributed by atoms with Crippen LogP contribution >= 0.6 is 0 Å². The van der Waals surface area contributed by atoms with Gasteiger partial charge in [0.1, 0.15) is 11.3 Å². The molecule has 3 heterocycles. The number of hydrogen-bond donors (Lipinski definition) is 1. The Labute approximate surface area is 170 Å². The first kappa shape index (κ1) is 18.2. The number of rotatable bonds is 5. The van der Waals surface area contributed by atoms with Gasteiger partial charge in [-0.05, 0) is 37.1 Å². The molecule has 0 unspecified atom stereocenters. The Balaban J connectivity index is 1.46. The van der Waals surface area contributed by atoms with Crippen LogP contribution < -0.4 is 10.1 Å². The Morgan fingerprint density at radius 1 is 1.20 bits per heavy atom. The quantitative estimate of drug-likeness (QED) is 0.547. The molecular weight excluding hydrogens is 387 g/mol. The summed E-state index contributed by atoms with van der Waals surface area (Å²) in [5, 5.41) is 7.08. The van der Waals surface area contributed by atoms with Gasteiger partial charge in [-0.15, -0.1) is 0 Å². The molecule has 1 N–H and O–H groups in total. The van der Waals surface area contributed by atoms with Crippen LogP contribution in [0.2, 0.25) is 0 Å². The number of anilines is 1. The van der Waals surface area contributed by atoms with Crippen LogP contribution in [-0.2, 0) is 0 Å². The number of amides is 1. The largest absolute Gasteiger partial charge is 0.496 e. The van der Waals surface area contributed by atoms with Crippen molar-refractivity contribution in [3.8, 4) is 17.1 Å². The van der Waals surface area contributed by atoms with Crippen molar-refractivity contribution in [2.45, 2.75) is 18.8 Å². The van der Waals surface area contributed by atoms with Crippen LogP contribution in [0.25, 0.3) is 17.0 Å². The van der Waals surface area contributed by atoms with Crippen molar-refractivity contribution in [1.29, 1.82) is 0 Å². The molecule has 0 spiro atoms. The van der Waals surface area contributed by atoms with E-state index in [9.17, 15) is 9.18 Å². The SMILES string of the molecule is COc1ccc(NC(=O)c2cnn3ccc(C4CC4)nc23)cc1-c1ncc(F)cn1. The molecule has 1 aliphatic rings. The van der Waals surface area contributed by atoms with Gasteiger partial charge in [0.15, 0.2) is 17.3 Å². The van der Waals surface area contributed by atoms with Crippen molar-refractivity contribution < 1.29 is 13.9 Å². The van der Waals surface area contributed by atoms with E-state index in [4.69, 9.17) is 4.74 Å². The Morgan fingerprint density at radius 3 is 2.73 bits per heavy atom. The normalized spacial score (nSPS) is 13.4. The third kappa shape index (κ3) is 3.34. The van der Waals surface area contributed by atoms with Crippen LogP contribution in [0.15, 0.2) is 49.1 Å². The number of nitrogens with one attached hydrogen (secondary N) is 1. The summed E-state index contributed by atoms with van der Waals surface area (Å²) in [6.45, 7) is 0. The number of hydrogen-bond acceptors (Lipinski definition) is 6. The van der Waals surface area contributed by atoms with Crippen molar-refractivity contribution in [2.24, 2.45) is 0 Å². The number of fused-ring (bicyclic) bond motifs is 1. The summed E-state index contributed by atoms with van der Waals surface area (Å²) in [7, 11) is 1.52. The summed E-state index contributed by atoms with van der Waals surface area (Å²) in [4.78, 5) is 25.5. The Bertz CT molecular complexity index is 1250. The monoisotopic (exact) mass is 404 g/mol. The summed E-state index contributed by atoms with van der Waals surface area (Å²) in [5.41, 5.74) is 2.93. The van der Waals surface area contributed by atoms with Crippen LogP contribution in [-0.4, -0.2) is 37.6 Å². The van der Waals surface area contributed by atoms with Gasteiger partial charge in [0.05, 0.1) is 31.3 Å². The highest BCUT2D eigenvalue weighted by atomic mass is 19.1.